The third-order valence-electron chi connectivity index (χ3n) is 2.37. The van der Waals surface area contributed by atoms with Gasteiger partial charge in [0.1, 0.15) is 5.88 Å². The first-order valence-electron chi connectivity index (χ1n) is 5.44. The third kappa shape index (κ3) is 3.32. The maximum Gasteiger partial charge on any atom is 0.269 e. The Bertz CT molecular complexity index is 566. The highest BCUT2D eigenvalue weighted by Gasteiger charge is 2.06. The number of hydrogen-bond acceptors (Lipinski definition) is 3. The highest BCUT2D eigenvalue weighted by Crippen LogP contribution is 2.08. The summed E-state index contributed by atoms with van der Waals surface area (Å²) in [6.07, 6.45) is 5.13. The zero-order chi connectivity index (χ0) is 13.7. The first-order chi connectivity index (χ1) is 9.20. The van der Waals surface area contributed by atoms with Gasteiger partial charge in [-0.05, 0) is 24.3 Å². The lowest BCUT2D eigenvalue weighted by Gasteiger charge is -2.07. The number of carbonyl (C=O) groups excluding carboxylic acids is 2. The second-order valence-corrected chi connectivity index (χ2v) is 3.92. The van der Waals surface area contributed by atoms with Crippen molar-refractivity contribution < 1.29 is 9.59 Å². The average molecular weight is 279 g/mol. The van der Waals surface area contributed by atoms with Crippen molar-refractivity contribution in [1.29, 1.82) is 0 Å². The SMILES string of the molecule is O=C(CCl)NNC(=O)c1ccc(-n2ccnc2)cc1. The monoisotopic (exact) mass is 278 g/mol. The molecule has 0 radical (unpaired) electrons. The van der Waals surface area contributed by atoms with Gasteiger partial charge in [-0.1, -0.05) is 0 Å². The minimum absolute atomic E-state index is 0.208. The topological polar surface area (TPSA) is 76.0 Å². The van der Waals surface area contributed by atoms with Gasteiger partial charge >= 0.3 is 0 Å². The Morgan fingerprint density at radius 2 is 1.95 bits per heavy atom. The Labute approximate surface area is 114 Å². The maximum atomic E-state index is 11.7. The molecule has 2 aromatic rings. The Morgan fingerprint density at radius 1 is 1.21 bits per heavy atom. The van der Waals surface area contributed by atoms with E-state index in [9.17, 15) is 9.59 Å². The van der Waals surface area contributed by atoms with Gasteiger partial charge in [0.05, 0.1) is 6.33 Å². The Kier molecular flexibility index (Phi) is 4.15. The molecule has 2 amide bonds. The zero-order valence-corrected chi connectivity index (χ0v) is 10.6. The van der Waals surface area contributed by atoms with Crippen molar-refractivity contribution in [1.82, 2.24) is 20.4 Å². The second-order valence-electron chi connectivity index (χ2n) is 3.65. The van der Waals surface area contributed by atoms with Gasteiger partial charge in [0.2, 0.25) is 0 Å². The summed E-state index contributed by atoms with van der Waals surface area (Å²) in [5, 5.41) is 0. The number of hydrogen-bond donors (Lipinski definition) is 2. The van der Waals surface area contributed by atoms with E-state index in [4.69, 9.17) is 11.6 Å². The van der Waals surface area contributed by atoms with E-state index in [1.165, 1.54) is 0 Å². The van der Waals surface area contributed by atoms with Crippen molar-refractivity contribution in [3.8, 4) is 5.69 Å². The smallest absolute Gasteiger partial charge is 0.269 e. The number of benzene rings is 1. The second kappa shape index (κ2) is 6.01. The number of hydrazine groups is 1. The maximum absolute atomic E-state index is 11.7. The number of amides is 2. The predicted octanol–water partition coefficient (Wildman–Crippen LogP) is 0.872. The van der Waals surface area contributed by atoms with Crippen LogP contribution in [-0.4, -0.2) is 27.2 Å². The number of nitrogens with one attached hydrogen (secondary N) is 2. The summed E-state index contributed by atoms with van der Waals surface area (Å²) in [6, 6.07) is 6.86. The van der Waals surface area contributed by atoms with Crippen molar-refractivity contribution in [3.63, 3.8) is 0 Å². The summed E-state index contributed by atoms with van der Waals surface area (Å²) in [7, 11) is 0. The molecule has 19 heavy (non-hydrogen) atoms. The van der Waals surface area contributed by atoms with E-state index < -0.39 is 11.8 Å². The van der Waals surface area contributed by atoms with Gasteiger partial charge in [-0.15, -0.1) is 11.6 Å². The summed E-state index contributed by atoms with van der Waals surface area (Å²) in [5.74, 6) is -1.08. The molecule has 0 bridgehead atoms. The Balaban J connectivity index is 2.02. The number of imidazole rings is 1. The summed E-state index contributed by atoms with van der Waals surface area (Å²) in [6.45, 7) is 0. The molecule has 6 nitrogen and oxygen atoms in total. The van der Waals surface area contributed by atoms with Crippen molar-refractivity contribution in [3.05, 3.63) is 48.5 Å². The molecule has 1 aromatic heterocycles. The fourth-order valence-corrected chi connectivity index (χ4v) is 1.50. The molecule has 2 rings (SSSR count). The lowest BCUT2D eigenvalue weighted by Crippen LogP contribution is -2.42. The van der Waals surface area contributed by atoms with E-state index in [0.29, 0.717) is 5.56 Å². The summed E-state index contributed by atoms with van der Waals surface area (Å²) in [4.78, 5) is 26.5. The van der Waals surface area contributed by atoms with E-state index in [-0.39, 0.29) is 5.88 Å². The highest BCUT2D eigenvalue weighted by atomic mass is 35.5. The average Bonchev–Trinajstić information content (AvgIpc) is 2.98. The molecule has 7 heteroatoms. The van der Waals surface area contributed by atoms with Gasteiger partial charge in [0.15, 0.2) is 0 Å². The normalized spacial score (nSPS) is 9.95. The number of carbonyl (C=O) groups is 2. The molecule has 1 aromatic carbocycles. The van der Waals surface area contributed by atoms with Crippen molar-refractivity contribution in [2.75, 3.05) is 5.88 Å². The van der Waals surface area contributed by atoms with Crippen LogP contribution < -0.4 is 10.9 Å². The van der Waals surface area contributed by atoms with Crippen LogP contribution in [0, 0.1) is 0 Å². The lowest BCUT2D eigenvalue weighted by atomic mass is 10.2. The van der Waals surface area contributed by atoms with Crippen molar-refractivity contribution in [2.24, 2.45) is 0 Å². The van der Waals surface area contributed by atoms with Crippen molar-refractivity contribution in [2.45, 2.75) is 0 Å². The van der Waals surface area contributed by atoms with Gasteiger partial charge in [-0.2, -0.15) is 0 Å². The fraction of sp³-hybridized carbons (Fsp3) is 0.0833. The fourth-order valence-electron chi connectivity index (χ4n) is 1.43. The van der Waals surface area contributed by atoms with E-state index in [1.807, 2.05) is 4.57 Å². The first-order valence-corrected chi connectivity index (χ1v) is 5.97. The van der Waals surface area contributed by atoms with Crippen LogP contribution in [0.4, 0.5) is 0 Å². The van der Waals surface area contributed by atoms with E-state index in [2.05, 4.69) is 15.8 Å². The number of alkyl halides is 1. The van der Waals surface area contributed by atoms with Gasteiger partial charge in [0.25, 0.3) is 11.8 Å². The van der Waals surface area contributed by atoms with Gasteiger partial charge in [0, 0.05) is 23.6 Å². The van der Waals surface area contributed by atoms with Crippen LogP contribution in [0.2, 0.25) is 0 Å². The molecule has 0 saturated carbocycles. The standard InChI is InChI=1S/C12H11ClN4O2/c13-7-11(18)15-16-12(19)9-1-3-10(4-2-9)17-6-5-14-8-17/h1-6,8H,7H2,(H,15,18)(H,16,19). The molecule has 0 saturated heterocycles. The molecule has 0 aliphatic heterocycles. The quantitative estimate of drug-likeness (QED) is 0.646. The molecule has 0 spiro atoms. The lowest BCUT2D eigenvalue weighted by molar-refractivity contribution is -0.119. The van der Waals surface area contributed by atoms with Crippen molar-refractivity contribution >= 4 is 23.4 Å². The molecule has 0 unspecified atom stereocenters. The first kappa shape index (κ1) is 13.1. The molecule has 98 valence electrons. The largest absolute Gasteiger partial charge is 0.306 e. The number of aromatic nitrogens is 2. The van der Waals surface area contributed by atoms with E-state index in [1.54, 1.807) is 43.0 Å². The van der Waals surface area contributed by atoms with E-state index >= 15 is 0 Å². The molecule has 0 aliphatic rings. The molecule has 0 atom stereocenters. The predicted molar refractivity (Wildman–Crippen MR) is 69.9 cm³/mol. The van der Waals surface area contributed by atoms with Crippen LogP contribution in [0.1, 0.15) is 10.4 Å². The minimum atomic E-state index is -0.468. The van der Waals surface area contributed by atoms with Crippen LogP contribution >= 0.6 is 11.6 Å². The molecule has 0 aliphatic carbocycles. The zero-order valence-electron chi connectivity index (χ0n) is 9.84. The molecule has 0 fully saturated rings. The van der Waals surface area contributed by atoms with Crippen LogP contribution in [0.3, 0.4) is 0 Å². The number of halogens is 1. The van der Waals surface area contributed by atoms with Crippen LogP contribution in [0.5, 0.6) is 0 Å². The van der Waals surface area contributed by atoms with Crippen LogP contribution in [0.15, 0.2) is 43.0 Å². The van der Waals surface area contributed by atoms with Gasteiger partial charge in [-0.25, -0.2) is 4.98 Å². The molecule has 1 heterocycles. The third-order valence-corrected chi connectivity index (χ3v) is 2.61. The molecular formula is C12H11ClN4O2. The van der Waals surface area contributed by atoms with Gasteiger partial charge in [-0.3, -0.25) is 20.4 Å². The van der Waals surface area contributed by atoms with Gasteiger partial charge < -0.3 is 4.57 Å². The summed E-state index contributed by atoms with van der Waals surface area (Å²) >= 11 is 5.29. The highest BCUT2D eigenvalue weighted by molar-refractivity contribution is 6.27. The number of nitrogens with zero attached hydrogens (tertiary/aromatic N) is 2. The minimum Gasteiger partial charge on any atom is -0.306 e. The molecule has 2 N–H and O–H groups in total. The Morgan fingerprint density at radius 3 is 2.53 bits per heavy atom. The van der Waals surface area contributed by atoms with E-state index in [0.717, 1.165) is 5.69 Å². The van der Waals surface area contributed by atoms with Crippen LogP contribution in [-0.2, 0) is 4.79 Å². The Hall–Kier alpha value is -2.34. The number of rotatable bonds is 3. The summed E-state index contributed by atoms with van der Waals surface area (Å²) < 4.78 is 1.82. The summed E-state index contributed by atoms with van der Waals surface area (Å²) in [5.41, 5.74) is 5.77. The molecular weight excluding hydrogens is 268 g/mol. The van der Waals surface area contributed by atoms with Crippen LogP contribution in [0.25, 0.3) is 5.69 Å².